The van der Waals surface area contributed by atoms with E-state index < -0.39 is 5.78 Å². The van der Waals surface area contributed by atoms with Gasteiger partial charge in [0, 0.05) is 19.5 Å². The van der Waals surface area contributed by atoms with Crippen molar-refractivity contribution in [2.45, 2.75) is 6.42 Å². The van der Waals surface area contributed by atoms with Crippen LogP contribution in [0.3, 0.4) is 0 Å². The van der Waals surface area contributed by atoms with Gasteiger partial charge in [-0.05, 0) is 35.9 Å². The van der Waals surface area contributed by atoms with E-state index in [0.29, 0.717) is 17.9 Å². The van der Waals surface area contributed by atoms with Gasteiger partial charge in [-0.15, -0.1) is 0 Å². The minimum absolute atomic E-state index is 0.118. The van der Waals surface area contributed by atoms with E-state index in [1.807, 2.05) is 0 Å². The number of aliphatic hydroxyl groups excluding tert-OH is 1. The summed E-state index contributed by atoms with van der Waals surface area (Å²) < 4.78 is 18.4. The Balaban J connectivity index is 2.12. The first-order chi connectivity index (χ1) is 11.5. The number of nitrogens with one attached hydrogen (secondary N) is 1. The molecule has 2 N–H and O–H groups in total. The van der Waals surface area contributed by atoms with Gasteiger partial charge >= 0.3 is 0 Å². The van der Waals surface area contributed by atoms with Crippen molar-refractivity contribution in [1.82, 2.24) is 5.32 Å². The Labute approximate surface area is 139 Å². The molecule has 2 aromatic rings. The van der Waals surface area contributed by atoms with Crippen molar-refractivity contribution in [2.75, 3.05) is 7.05 Å². The largest absolute Gasteiger partial charge is 0.506 e. The van der Waals surface area contributed by atoms with Gasteiger partial charge in [0.25, 0.3) is 0 Å². The highest BCUT2D eigenvalue weighted by atomic mass is 19.1. The molecule has 0 amide bonds. The predicted octanol–water partition coefficient (Wildman–Crippen LogP) is 3.92. The Morgan fingerprint density at radius 2 is 2.00 bits per heavy atom. The van der Waals surface area contributed by atoms with Crippen LogP contribution in [0.25, 0.3) is 0 Å². The van der Waals surface area contributed by atoms with E-state index >= 15 is 0 Å². The zero-order valence-corrected chi connectivity index (χ0v) is 13.3. The Morgan fingerprint density at radius 1 is 1.29 bits per heavy atom. The Morgan fingerprint density at radius 3 is 2.62 bits per heavy atom. The monoisotopic (exact) mass is 327 g/mol. The highest BCUT2D eigenvalue weighted by molar-refractivity contribution is 6.03. The summed E-state index contributed by atoms with van der Waals surface area (Å²) in [5.74, 6) is -0.273. The number of carbonyl (C=O) groups is 1. The van der Waals surface area contributed by atoms with Crippen LogP contribution in [-0.2, 0) is 6.42 Å². The van der Waals surface area contributed by atoms with E-state index in [-0.39, 0.29) is 17.3 Å². The lowest BCUT2D eigenvalue weighted by Crippen LogP contribution is -2.09. The molecule has 5 heteroatoms. The Kier molecular flexibility index (Phi) is 5.73. The number of carbonyl (C=O) groups excluding carboxylic acids is 1. The fourth-order valence-electron chi connectivity index (χ4n) is 2.10. The highest BCUT2D eigenvalue weighted by Crippen LogP contribution is 2.15. The van der Waals surface area contributed by atoms with Crippen molar-refractivity contribution in [3.8, 4) is 0 Å². The molecule has 0 atom stereocenters. The van der Waals surface area contributed by atoms with Gasteiger partial charge in [0.1, 0.15) is 17.3 Å². The van der Waals surface area contributed by atoms with Gasteiger partial charge in [-0.25, -0.2) is 4.39 Å². The van der Waals surface area contributed by atoms with Crippen LogP contribution in [0.5, 0.6) is 0 Å². The van der Waals surface area contributed by atoms with E-state index in [4.69, 9.17) is 4.42 Å². The lowest BCUT2D eigenvalue weighted by Gasteiger charge is -2.04. The summed E-state index contributed by atoms with van der Waals surface area (Å²) in [4.78, 5) is 12.1. The van der Waals surface area contributed by atoms with Crippen molar-refractivity contribution >= 4 is 5.78 Å². The molecular formula is C19H18FNO3. The molecule has 0 aliphatic rings. The number of rotatable bonds is 7. The molecule has 24 heavy (non-hydrogen) atoms. The van der Waals surface area contributed by atoms with E-state index in [2.05, 4.69) is 11.9 Å². The summed E-state index contributed by atoms with van der Waals surface area (Å²) in [6.45, 7) is 3.54. The zero-order valence-electron chi connectivity index (χ0n) is 13.3. The minimum Gasteiger partial charge on any atom is -0.506 e. The second kappa shape index (κ2) is 7.97. The molecule has 1 heterocycles. The second-order valence-electron chi connectivity index (χ2n) is 5.03. The van der Waals surface area contributed by atoms with Crippen LogP contribution in [0.1, 0.15) is 21.9 Å². The molecule has 0 spiro atoms. The van der Waals surface area contributed by atoms with Crippen LogP contribution in [0.15, 0.2) is 77.1 Å². The number of ketones is 1. The van der Waals surface area contributed by atoms with Gasteiger partial charge in [0.05, 0.1) is 5.70 Å². The van der Waals surface area contributed by atoms with Crippen molar-refractivity contribution in [3.63, 3.8) is 0 Å². The second-order valence-corrected chi connectivity index (χ2v) is 5.03. The fourth-order valence-corrected chi connectivity index (χ4v) is 2.10. The predicted molar refractivity (Wildman–Crippen MR) is 90.3 cm³/mol. The number of allylic oxidation sites excluding steroid dienone is 3. The molecule has 0 radical (unpaired) electrons. The zero-order chi connectivity index (χ0) is 17.5. The van der Waals surface area contributed by atoms with E-state index in [1.54, 1.807) is 37.4 Å². The summed E-state index contributed by atoms with van der Waals surface area (Å²) >= 11 is 0. The summed E-state index contributed by atoms with van der Waals surface area (Å²) in [6, 6.07) is 9.28. The van der Waals surface area contributed by atoms with Gasteiger partial charge in [-0.3, -0.25) is 4.79 Å². The molecule has 4 nitrogen and oxygen atoms in total. The maximum Gasteiger partial charge on any atom is 0.224 e. The van der Waals surface area contributed by atoms with Crippen molar-refractivity contribution < 1.29 is 18.7 Å². The molecule has 0 aliphatic heterocycles. The molecule has 0 unspecified atom stereocenters. The van der Waals surface area contributed by atoms with Crippen LogP contribution >= 0.6 is 0 Å². The molecule has 0 aliphatic carbocycles. The summed E-state index contributed by atoms with van der Waals surface area (Å²) in [7, 11) is 1.62. The number of hydrogen-bond acceptors (Lipinski definition) is 4. The van der Waals surface area contributed by atoms with E-state index in [9.17, 15) is 14.3 Å². The SMILES string of the molecule is C=C/C=C(NC)/C(O)=C/C(=O)c1ccc(Cc2ccc(F)cc2)o1. The molecule has 1 aromatic carbocycles. The average Bonchev–Trinajstić information content (AvgIpc) is 3.03. The number of benzene rings is 1. The van der Waals surface area contributed by atoms with Gasteiger partial charge in [-0.2, -0.15) is 0 Å². The van der Waals surface area contributed by atoms with Crippen molar-refractivity contribution in [2.24, 2.45) is 0 Å². The van der Waals surface area contributed by atoms with E-state index in [1.165, 1.54) is 18.2 Å². The fraction of sp³-hybridized carbons (Fsp3) is 0.105. The van der Waals surface area contributed by atoms with Gasteiger partial charge in [0.2, 0.25) is 5.78 Å². The lowest BCUT2D eigenvalue weighted by atomic mass is 10.1. The van der Waals surface area contributed by atoms with Crippen LogP contribution in [0, 0.1) is 5.82 Å². The molecule has 0 saturated heterocycles. The summed E-state index contributed by atoms with van der Waals surface area (Å²) in [5.41, 5.74) is 1.24. The van der Waals surface area contributed by atoms with Crippen LogP contribution in [-0.4, -0.2) is 17.9 Å². The number of furan rings is 1. The van der Waals surface area contributed by atoms with Crippen LogP contribution < -0.4 is 5.32 Å². The number of halogens is 1. The minimum atomic E-state index is -0.455. The Hall–Kier alpha value is -3.08. The van der Waals surface area contributed by atoms with Gasteiger partial charge in [0.15, 0.2) is 5.76 Å². The Bertz CT molecular complexity index is 785. The third-order valence-electron chi connectivity index (χ3n) is 3.29. The molecule has 0 fully saturated rings. The molecule has 0 saturated carbocycles. The quantitative estimate of drug-likeness (QED) is 0.350. The molecule has 1 aromatic heterocycles. The van der Waals surface area contributed by atoms with Gasteiger partial charge in [-0.1, -0.05) is 24.8 Å². The maximum atomic E-state index is 12.9. The lowest BCUT2D eigenvalue weighted by molar-refractivity contribution is 0.101. The topological polar surface area (TPSA) is 62.5 Å². The molecule has 2 rings (SSSR count). The smallest absolute Gasteiger partial charge is 0.224 e. The number of hydrogen-bond donors (Lipinski definition) is 2. The molecule has 0 bridgehead atoms. The van der Waals surface area contributed by atoms with Crippen LogP contribution in [0.4, 0.5) is 4.39 Å². The molecule has 124 valence electrons. The third kappa shape index (κ3) is 4.46. The summed E-state index contributed by atoms with van der Waals surface area (Å²) in [5, 5.41) is 12.7. The van der Waals surface area contributed by atoms with Crippen molar-refractivity contribution in [1.29, 1.82) is 0 Å². The number of aliphatic hydroxyl groups is 1. The summed E-state index contributed by atoms with van der Waals surface area (Å²) in [6.07, 6.45) is 4.56. The standard InChI is InChI=1S/C19H18FNO3/c1-3-4-16(21-2)17(22)12-18(23)19-10-9-15(24-19)11-13-5-7-14(20)8-6-13/h3-10,12,21-22H,1,11H2,2H3/b16-4-,17-12-. The molecular weight excluding hydrogens is 309 g/mol. The first-order valence-corrected chi connectivity index (χ1v) is 7.32. The maximum absolute atomic E-state index is 12.9. The highest BCUT2D eigenvalue weighted by Gasteiger charge is 2.12. The normalized spacial score (nSPS) is 12.1. The van der Waals surface area contributed by atoms with Crippen molar-refractivity contribution in [3.05, 3.63) is 95.6 Å². The van der Waals surface area contributed by atoms with Crippen LogP contribution in [0.2, 0.25) is 0 Å². The van der Waals surface area contributed by atoms with E-state index in [0.717, 1.165) is 11.6 Å². The number of likely N-dealkylation sites (N-methyl/N-ethyl adjacent to an activating group) is 1. The van der Waals surface area contributed by atoms with Gasteiger partial charge < -0.3 is 14.8 Å². The average molecular weight is 327 g/mol. The third-order valence-corrected chi connectivity index (χ3v) is 3.29. The first kappa shape index (κ1) is 17.3. The first-order valence-electron chi connectivity index (χ1n) is 7.32.